The molecule has 1 atom stereocenters. The van der Waals surface area contributed by atoms with Gasteiger partial charge in [0, 0.05) is 25.7 Å². The summed E-state index contributed by atoms with van der Waals surface area (Å²) in [7, 11) is 1.57. The van der Waals surface area contributed by atoms with Crippen molar-refractivity contribution in [2.45, 2.75) is 38.6 Å². The maximum Gasteiger partial charge on any atom is 0.326 e. The Kier molecular flexibility index (Phi) is 6.17. The average Bonchev–Trinajstić information content (AvgIpc) is 2.36. The summed E-state index contributed by atoms with van der Waals surface area (Å²) in [5.41, 5.74) is -0.299. The zero-order valence-corrected chi connectivity index (χ0v) is 12.0. The van der Waals surface area contributed by atoms with E-state index >= 15 is 0 Å². The van der Waals surface area contributed by atoms with E-state index in [1.165, 1.54) is 6.07 Å². The molecule has 0 bridgehead atoms. The highest BCUT2D eigenvalue weighted by atomic mass is 16.5. The monoisotopic (exact) mass is 283 g/mol. The summed E-state index contributed by atoms with van der Waals surface area (Å²) in [5.74, 6) is -0.112. The van der Waals surface area contributed by atoms with Gasteiger partial charge in [-0.3, -0.25) is 4.79 Å². The molecule has 0 aliphatic carbocycles. The van der Waals surface area contributed by atoms with Crippen molar-refractivity contribution in [1.82, 2.24) is 9.97 Å². The van der Waals surface area contributed by atoms with E-state index in [9.17, 15) is 9.59 Å². The number of methoxy groups -OCH3 is 1. The molecule has 20 heavy (non-hydrogen) atoms. The van der Waals surface area contributed by atoms with Crippen LogP contribution in [0.25, 0.3) is 0 Å². The summed E-state index contributed by atoms with van der Waals surface area (Å²) in [4.78, 5) is 29.6. The Morgan fingerprint density at radius 2 is 2.25 bits per heavy atom. The van der Waals surface area contributed by atoms with Crippen LogP contribution < -0.4 is 10.9 Å². The maximum atomic E-state index is 11.5. The number of aromatic nitrogens is 2. The minimum Gasteiger partial charge on any atom is -0.480 e. The first-order valence-electron chi connectivity index (χ1n) is 6.53. The normalized spacial score (nSPS) is 12.4. The molecule has 3 N–H and O–H groups in total. The van der Waals surface area contributed by atoms with Crippen LogP contribution in [0.1, 0.15) is 38.4 Å². The molecule has 0 aliphatic heterocycles. The number of nitrogens with one attached hydrogen (secondary N) is 2. The largest absolute Gasteiger partial charge is 0.480 e. The molecular weight excluding hydrogens is 262 g/mol. The fourth-order valence-electron chi connectivity index (χ4n) is 1.69. The number of ether oxygens (including phenoxy) is 1. The number of hydrogen-bond acceptors (Lipinski definition) is 5. The Bertz CT molecular complexity index is 499. The SMILES string of the molecule is COCCCC(Nc1cc(=O)[nH]c(C(C)C)n1)C(=O)O. The van der Waals surface area contributed by atoms with Crippen molar-refractivity contribution in [3.05, 3.63) is 22.2 Å². The van der Waals surface area contributed by atoms with Crippen molar-refractivity contribution < 1.29 is 14.6 Å². The number of carboxylic acid groups (broad SMARTS) is 1. The zero-order chi connectivity index (χ0) is 15.1. The van der Waals surface area contributed by atoms with E-state index in [0.29, 0.717) is 25.3 Å². The van der Waals surface area contributed by atoms with Crippen molar-refractivity contribution >= 4 is 11.8 Å². The molecule has 1 aromatic heterocycles. The van der Waals surface area contributed by atoms with Gasteiger partial charge >= 0.3 is 5.97 Å². The molecule has 0 saturated carbocycles. The predicted octanol–water partition coefficient (Wildman–Crippen LogP) is 1.18. The average molecular weight is 283 g/mol. The van der Waals surface area contributed by atoms with Crippen molar-refractivity contribution in [2.24, 2.45) is 0 Å². The minimum atomic E-state index is -0.978. The highest BCUT2D eigenvalue weighted by Crippen LogP contribution is 2.11. The zero-order valence-electron chi connectivity index (χ0n) is 12.0. The van der Waals surface area contributed by atoms with Gasteiger partial charge in [-0.15, -0.1) is 0 Å². The van der Waals surface area contributed by atoms with E-state index in [4.69, 9.17) is 9.84 Å². The third-order valence-corrected chi connectivity index (χ3v) is 2.77. The van der Waals surface area contributed by atoms with Gasteiger partial charge in [-0.25, -0.2) is 9.78 Å². The lowest BCUT2D eigenvalue weighted by Crippen LogP contribution is -2.31. The fourth-order valence-corrected chi connectivity index (χ4v) is 1.69. The van der Waals surface area contributed by atoms with E-state index in [1.807, 2.05) is 13.8 Å². The second-order valence-electron chi connectivity index (χ2n) is 4.84. The van der Waals surface area contributed by atoms with Crippen molar-refractivity contribution in [3.8, 4) is 0 Å². The maximum absolute atomic E-state index is 11.5. The Hall–Kier alpha value is -1.89. The van der Waals surface area contributed by atoms with Crippen LogP contribution in [-0.4, -0.2) is 40.8 Å². The van der Waals surface area contributed by atoms with Crippen LogP contribution >= 0.6 is 0 Å². The molecule has 1 heterocycles. The predicted molar refractivity (Wildman–Crippen MR) is 75.1 cm³/mol. The third kappa shape index (κ3) is 5.00. The summed E-state index contributed by atoms with van der Waals surface area (Å²) in [5, 5.41) is 12.0. The van der Waals surface area contributed by atoms with E-state index in [-0.39, 0.29) is 17.3 Å². The molecular formula is C13H21N3O4. The lowest BCUT2D eigenvalue weighted by molar-refractivity contribution is -0.138. The second kappa shape index (κ2) is 7.64. The smallest absolute Gasteiger partial charge is 0.326 e. The van der Waals surface area contributed by atoms with Crippen molar-refractivity contribution in [1.29, 1.82) is 0 Å². The minimum absolute atomic E-state index is 0.0567. The van der Waals surface area contributed by atoms with Gasteiger partial charge in [-0.05, 0) is 12.8 Å². The van der Waals surface area contributed by atoms with Crippen molar-refractivity contribution in [2.75, 3.05) is 19.0 Å². The van der Waals surface area contributed by atoms with E-state index < -0.39 is 12.0 Å². The van der Waals surface area contributed by atoms with Gasteiger partial charge in [0.1, 0.15) is 17.7 Å². The Morgan fingerprint density at radius 1 is 1.55 bits per heavy atom. The molecule has 0 amide bonds. The first-order chi connectivity index (χ1) is 9.43. The number of aliphatic carboxylic acids is 1. The number of carbonyl (C=O) groups is 1. The lowest BCUT2D eigenvalue weighted by atomic mass is 10.1. The van der Waals surface area contributed by atoms with Gasteiger partial charge in [0.2, 0.25) is 0 Å². The van der Waals surface area contributed by atoms with Crippen LogP contribution in [0.5, 0.6) is 0 Å². The molecule has 1 aromatic rings. The van der Waals surface area contributed by atoms with Crippen LogP contribution in [0.4, 0.5) is 5.82 Å². The standard InChI is InChI=1S/C13H21N3O4/c1-8(2)12-15-10(7-11(17)16-12)14-9(13(18)19)5-4-6-20-3/h7-9H,4-6H2,1-3H3,(H,18,19)(H2,14,15,16,17). The number of aromatic amines is 1. The number of hydrogen-bond donors (Lipinski definition) is 3. The Labute approximate surface area is 117 Å². The number of anilines is 1. The molecule has 0 spiro atoms. The first-order valence-corrected chi connectivity index (χ1v) is 6.53. The van der Waals surface area contributed by atoms with Crippen LogP contribution in [0, 0.1) is 0 Å². The van der Waals surface area contributed by atoms with Gasteiger partial charge in [0.15, 0.2) is 0 Å². The third-order valence-electron chi connectivity index (χ3n) is 2.77. The van der Waals surface area contributed by atoms with E-state index in [0.717, 1.165) is 0 Å². The number of rotatable bonds is 8. The van der Waals surface area contributed by atoms with Crippen LogP contribution in [-0.2, 0) is 9.53 Å². The summed E-state index contributed by atoms with van der Waals surface area (Å²) in [6, 6.07) is 0.470. The molecule has 112 valence electrons. The Morgan fingerprint density at radius 3 is 2.80 bits per heavy atom. The van der Waals surface area contributed by atoms with Gasteiger partial charge in [0.25, 0.3) is 5.56 Å². The molecule has 0 aromatic carbocycles. The van der Waals surface area contributed by atoms with Crippen molar-refractivity contribution in [3.63, 3.8) is 0 Å². The number of carboxylic acids is 1. The summed E-state index contributed by atoms with van der Waals surface area (Å²) < 4.78 is 4.90. The molecule has 0 saturated heterocycles. The lowest BCUT2D eigenvalue weighted by Gasteiger charge is -2.15. The quantitative estimate of drug-likeness (QED) is 0.619. The molecule has 7 nitrogen and oxygen atoms in total. The van der Waals surface area contributed by atoms with E-state index in [2.05, 4.69) is 15.3 Å². The van der Waals surface area contributed by atoms with E-state index in [1.54, 1.807) is 7.11 Å². The number of nitrogens with zero attached hydrogens (tertiary/aromatic N) is 1. The van der Waals surface area contributed by atoms with Gasteiger partial charge in [-0.1, -0.05) is 13.8 Å². The fraction of sp³-hybridized carbons (Fsp3) is 0.615. The molecule has 0 aliphatic rings. The highest BCUT2D eigenvalue weighted by Gasteiger charge is 2.18. The van der Waals surface area contributed by atoms with Gasteiger partial charge in [-0.2, -0.15) is 0 Å². The highest BCUT2D eigenvalue weighted by molar-refractivity contribution is 5.76. The molecule has 0 fully saturated rings. The topological polar surface area (TPSA) is 104 Å². The molecule has 1 rings (SSSR count). The second-order valence-corrected chi connectivity index (χ2v) is 4.84. The molecule has 7 heteroatoms. The van der Waals surface area contributed by atoms with Gasteiger partial charge in [0.05, 0.1) is 0 Å². The van der Waals surface area contributed by atoms with Crippen LogP contribution in [0.15, 0.2) is 10.9 Å². The first kappa shape index (κ1) is 16.2. The van der Waals surface area contributed by atoms with Crippen LogP contribution in [0.3, 0.4) is 0 Å². The molecule has 0 radical (unpaired) electrons. The van der Waals surface area contributed by atoms with Gasteiger partial charge < -0.3 is 20.1 Å². The summed E-state index contributed by atoms with van der Waals surface area (Å²) in [6.45, 7) is 4.29. The number of H-pyrrole nitrogens is 1. The van der Waals surface area contributed by atoms with Crippen LogP contribution in [0.2, 0.25) is 0 Å². The summed E-state index contributed by atoms with van der Waals surface area (Å²) in [6.07, 6.45) is 1.01. The Balaban J connectivity index is 2.82. The summed E-state index contributed by atoms with van der Waals surface area (Å²) >= 11 is 0. The molecule has 1 unspecified atom stereocenters.